The Balaban J connectivity index is 2.24. The van der Waals surface area contributed by atoms with Crippen molar-refractivity contribution in [3.05, 3.63) is 78.9 Å². The average molecular weight is 375 g/mol. The van der Waals surface area contributed by atoms with Crippen LogP contribution in [0.1, 0.15) is 41.5 Å². The summed E-state index contributed by atoms with van der Waals surface area (Å²) in [5.41, 5.74) is 5.20. The minimum atomic E-state index is -0.351. The van der Waals surface area contributed by atoms with Gasteiger partial charge in [-0.15, -0.1) is 0 Å². The minimum Gasteiger partial charge on any atom is -0.0642 e. The molecule has 0 radical (unpaired) electrons. The summed E-state index contributed by atoms with van der Waals surface area (Å²) >= 11 is 0. The Morgan fingerprint density at radius 1 is 0.481 bits per heavy atom. The van der Waals surface area contributed by atoms with Crippen LogP contribution >= 0.6 is 7.92 Å². The fraction of sp³-hybridized carbons (Fsp3) is 0.308. The molecule has 0 aromatic heterocycles. The van der Waals surface area contributed by atoms with E-state index in [0.29, 0.717) is 0 Å². The van der Waals surface area contributed by atoms with Crippen molar-refractivity contribution < 1.29 is 0 Å². The largest absolute Gasteiger partial charge is 0.0642 e. The molecule has 3 aromatic carbocycles. The summed E-state index contributed by atoms with van der Waals surface area (Å²) < 4.78 is 0. The SMILES string of the molecule is CC(C)(C)P(c1cc(-c2ccccc2)cc(-c2ccccc2)c1)C(C)(C)C. The van der Waals surface area contributed by atoms with Gasteiger partial charge < -0.3 is 0 Å². The van der Waals surface area contributed by atoms with Gasteiger partial charge in [0.1, 0.15) is 0 Å². The molecule has 1 heteroatoms. The zero-order valence-corrected chi connectivity index (χ0v) is 18.3. The lowest BCUT2D eigenvalue weighted by Gasteiger charge is -2.42. The molecule has 0 aliphatic heterocycles. The smallest absolute Gasteiger partial charge is 0.0134 e. The molecule has 0 unspecified atom stereocenters. The van der Waals surface area contributed by atoms with Gasteiger partial charge in [0, 0.05) is 0 Å². The third-order valence-corrected chi connectivity index (χ3v) is 8.19. The molecular weight excluding hydrogens is 343 g/mol. The molecule has 0 fully saturated rings. The Labute approximate surface area is 166 Å². The predicted molar refractivity (Wildman–Crippen MR) is 123 cm³/mol. The van der Waals surface area contributed by atoms with Crippen LogP contribution in [-0.2, 0) is 0 Å². The van der Waals surface area contributed by atoms with E-state index in [1.807, 2.05) is 0 Å². The highest BCUT2D eigenvalue weighted by atomic mass is 31.1. The molecule has 0 spiro atoms. The maximum atomic E-state index is 2.43. The topological polar surface area (TPSA) is 0 Å². The molecule has 0 aliphatic carbocycles. The van der Waals surface area contributed by atoms with Gasteiger partial charge in [0.25, 0.3) is 0 Å². The van der Waals surface area contributed by atoms with Gasteiger partial charge in [-0.05, 0) is 56.1 Å². The predicted octanol–water partition coefficient (Wildman–Crippen LogP) is 7.72. The number of hydrogen-bond acceptors (Lipinski definition) is 0. The third kappa shape index (κ3) is 4.69. The van der Waals surface area contributed by atoms with Crippen LogP contribution in [0.2, 0.25) is 0 Å². The monoisotopic (exact) mass is 374 g/mol. The van der Waals surface area contributed by atoms with Crippen molar-refractivity contribution in [2.24, 2.45) is 0 Å². The van der Waals surface area contributed by atoms with Crippen LogP contribution in [0.25, 0.3) is 22.3 Å². The molecule has 3 rings (SSSR count). The first-order valence-electron chi connectivity index (χ1n) is 9.72. The molecule has 3 aromatic rings. The van der Waals surface area contributed by atoms with Crippen molar-refractivity contribution in [1.29, 1.82) is 0 Å². The van der Waals surface area contributed by atoms with E-state index in [2.05, 4.69) is 120 Å². The fourth-order valence-electron chi connectivity index (χ4n) is 4.12. The van der Waals surface area contributed by atoms with E-state index in [9.17, 15) is 0 Å². The van der Waals surface area contributed by atoms with Gasteiger partial charge in [0.05, 0.1) is 0 Å². The first-order chi connectivity index (χ1) is 12.7. The second-order valence-electron chi connectivity index (χ2n) is 9.18. The fourth-order valence-corrected chi connectivity index (χ4v) is 8.21. The summed E-state index contributed by atoms with van der Waals surface area (Å²) in [6, 6.07) is 28.7. The highest BCUT2D eigenvalue weighted by Crippen LogP contribution is 2.58. The van der Waals surface area contributed by atoms with Crippen molar-refractivity contribution in [3.8, 4) is 22.3 Å². The number of rotatable bonds is 3. The van der Waals surface area contributed by atoms with Crippen LogP contribution < -0.4 is 5.30 Å². The van der Waals surface area contributed by atoms with Crippen LogP contribution in [0.5, 0.6) is 0 Å². The highest BCUT2D eigenvalue weighted by molar-refractivity contribution is 7.68. The van der Waals surface area contributed by atoms with E-state index in [4.69, 9.17) is 0 Å². The second-order valence-corrected chi connectivity index (χ2v) is 13.0. The molecule has 0 nitrogen and oxygen atoms in total. The lowest BCUT2D eigenvalue weighted by molar-refractivity contribution is 0.715. The summed E-state index contributed by atoms with van der Waals surface area (Å²) in [7, 11) is -0.351. The Morgan fingerprint density at radius 3 is 1.19 bits per heavy atom. The molecule has 0 saturated carbocycles. The molecule has 0 aliphatic rings. The summed E-state index contributed by atoms with van der Waals surface area (Å²) in [6.45, 7) is 14.3. The van der Waals surface area contributed by atoms with Crippen LogP contribution in [0.15, 0.2) is 78.9 Å². The normalized spacial score (nSPS) is 12.4. The maximum absolute atomic E-state index is 2.43. The summed E-state index contributed by atoms with van der Waals surface area (Å²) in [5, 5.41) is 1.98. The maximum Gasteiger partial charge on any atom is -0.0134 e. The standard InChI is InChI=1S/C26H31P/c1-25(2,3)27(26(4,5)6)24-18-22(20-13-9-7-10-14-20)17-23(19-24)21-15-11-8-12-16-21/h7-19H,1-6H3. The van der Waals surface area contributed by atoms with Crippen molar-refractivity contribution >= 4 is 13.2 Å². The molecule has 140 valence electrons. The Bertz CT molecular complexity index is 809. The van der Waals surface area contributed by atoms with Crippen molar-refractivity contribution in [1.82, 2.24) is 0 Å². The summed E-state index contributed by atoms with van der Waals surface area (Å²) in [5.74, 6) is 0. The van der Waals surface area contributed by atoms with Gasteiger partial charge in [0.15, 0.2) is 0 Å². The third-order valence-electron chi connectivity index (χ3n) is 4.73. The van der Waals surface area contributed by atoms with Crippen molar-refractivity contribution in [2.75, 3.05) is 0 Å². The van der Waals surface area contributed by atoms with E-state index < -0.39 is 0 Å². The quantitative estimate of drug-likeness (QED) is 0.412. The van der Waals surface area contributed by atoms with Crippen LogP contribution in [-0.4, -0.2) is 10.3 Å². The molecule has 27 heavy (non-hydrogen) atoms. The van der Waals surface area contributed by atoms with Gasteiger partial charge in [-0.25, -0.2) is 0 Å². The van der Waals surface area contributed by atoms with Gasteiger partial charge in [-0.1, -0.05) is 110 Å². The van der Waals surface area contributed by atoms with E-state index >= 15 is 0 Å². The van der Waals surface area contributed by atoms with Gasteiger partial charge >= 0.3 is 0 Å². The molecule has 0 bridgehead atoms. The van der Waals surface area contributed by atoms with Gasteiger partial charge in [-0.3, -0.25) is 0 Å². The lowest BCUT2D eigenvalue weighted by Crippen LogP contribution is -2.31. The molecule has 0 N–H and O–H groups in total. The first-order valence-corrected chi connectivity index (χ1v) is 11.1. The van der Waals surface area contributed by atoms with E-state index in [1.54, 1.807) is 0 Å². The Kier molecular flexibility index (Phi) is 5.59. The molecule has 0 amide bonds. The Hall–Kier alpha value is -1.91. The summed E-state index contributed by atoms with van der Waals surface area (Å²) in [4.78, 5) is 0. The van der Waals surface area contributed by atoms with Gasteiger partial charge in [-0.2, -0.15) is 0 Å². The zero-order valence-electron chi connectivity index (χ0n) is 17.5. The average Bonchev–Trinajstić information content (AvgIpc) is 2.60. The molecule has 0 atom stereocenters. The molecule has 0 saturated heterocycles. The molecule has 0 heterocycles. The first kappa shape index (κ1) is 19.8. The number of benzene rings is 3. The number of hydrogen-bond donors (Lipinski definition) is 0. The van der Waals surface area contributed by atoms with Crippen molar-refractivity contribution in [2.45, 2.75) is 51.9 Å². The van der Waals surface area contributed by atoms with E-state index in [-0.39, 0.29) is 18.2 Å². The minimum absolute atomic E-state index is 0.247. The molecular formula is C26H31P. The second kappa shape index (κ2) is 7.61. The van der Waals surface area contributed by atoms with E-state index in [0.717, 1.165) is 0 Å². The van der Waals surface area contributed by atoms with Gasteiger partial charge in [0.2, 0.25) is 0 Å². The van der Waals surface area contributed by atoms with Crippen LogP contribution in [0.3, 0.4) is 0 Å². The summed E-state index contributed by atoms with van der Waals surface area (Å²) in [6.07, 6.45) is 0. The highest BCUT2D eigenvalue weighted by Gasteiger charge is 2.36. The zero-order chi connectivity index (χ0) is 19.7. The lowest BCUT2D eigenvalue weighted by atomic mass is 9.99. The van der Waals surface area contributed by atoms with Crippen LogP contribution in [0, 0.1) is 0 Å². The van der Waals surface area contributed by atoms with E-state index in [1.165, 1.54) is 27.6 Å². The van der Waals surface area contributed by atoms with Crippen molar-refractivity contribution in [3.63, 3.8) is 0 Å². The van der Waals surface area contributed by atoms with Crippen LogP contribution in [0.4, 0.5) is 0 Å². The Morgan fingerprint density at radius 2 is 0.852 bits per heavy atom.